The topological polar surface area (TPSA) is 257 Å². The summed E-state index contributed by atoms with van der Waals surface area (Å²) in [5, 5.41) is 35.6. The number of nitrogens with one attached hydrogen (secondary N) is 8. The van der Waals surface area contributed by atoms with Crippen molar-refractivity contribution in [2.45, 2.75) is 181 Å². The van der Waals surface area contributed by atoms with Crippen molar-refractivity contribution in [3.05, 3.63) is 0 Å². The number of carbonyl (C=O) groups excluding carboxylic acids is 6. The van der Waals surface area contributed by atoms with Crippen molar-refractivity contribution in [2.75, 3.05) is 20.2 Å². The molecule has 0 bridgehead atoms. The lowest BCUT2D eigenvalue weighted by molar-refractivity contribution is -0.136. The number of carbonyl (C=O) groups is 6. The van der Waals surface area contributed by atoms with E-state index in [1.54, 1.807) is 13.8 Å². The molecular formula is C40H77N9O7. The number of unbranched alkanes of at least 4 members (excludes halogenated alkanes) is 12. The van der Waals surface area contributed by atoms with Crippen molar-refractivity contribution in [1.82, 2.24) is 37.2 Å². The third-order valence-corrected chi connectivity index (χ3v) is 10.00. The number of rotatable bonds is 32. The molecule has 56 heavy (non-hydrogen) atoms. The van der Waals surface area contributed by atoms with Gasteiger partial charge in [-0.1, -0.05) is 118 Å². The molecule has 11 N–H and O–H groups in total. The minimum absolute atomic E-state index is 0.0741. The van der Waals surface area contributed by atoms with Gasteiger partial charge in [-0.15, -0.1) is 0 Å². The number of guanidine groups is 1. The number of hydrogen-bond acceptors (Lipinski definition) is 8. The maximum Gasteiger partial charge on any atom is 0.245 e. The Morgan fingerprint density at radius 2 is 1.12 bits per heavy atom. The highest BCUT2D eigenvalue weighted by Crippen LogP contribution is 2.14. The molecule has 0 radical (unpaired) electrons. The second kappa shape index (κ2) is 31.2. The Morgan fingerprint density at radius 3 is 1.61 bits per heavy atom. The second-order valence-electron chi connectivity index (χ2n) is 15.3. The number of likely N-dealkylation sites (N-methyl/N-ethyl adjacent to an activating group) is 1. The van der Waals surface area contributed by atoms with E-state index in [2.05, 4.69) is 44.1 Å². The molecule has 0 spiro atoms. The Labute approximate surface area is 336 Å². The van der Waals surface area contributed by atoms with Crippen LogP contribution < -0.4 is 43.0 Å². The minimum atomic E-state index is -1.47. The Morgan fingerprint density at radius 1 is 0.607 bits per heavy atom. The van der Waals surface area contributed by atoms with Crippen molar-refractivity contribution < 1.29 is 33.9 Å². The third-order valence-electron chi connectivity index (χ3n) is 10.00. The van der Waals surface area contributed by atoms with Crippen LogP contribution in [0.25, 0.3) is 0 Å². The third kappa shape index (κ3) is 23.2. The van der Waals surface area contributed by atoms with Gasteiger partial charge in [-0.3, -0.25) is 34.2 Å². The quantitative estimate of drug-likeness (QED) is 0.0272. The molecule has 6 amide bonds. The summed E-state index contributed by atoms with van der Waals surface area (Å²) in [5.74, 6) is -4.23. The van der Waals surface area contributed by atoms with Crippen LogP contribution >= 0.6 is 0 Å². The smallest absolute Gasteiger partial charge is 0.245 e. The second-order valence-corrected chi connectivity index (χ2v) is 15.3. The van der Waals surface area contributed by atoms with Crippen molar-refractivity contribution in [1.29, 1.82) is 5.41 Å². The lowest BCUT2D eigenvalue weighted by Gasteiger charge is -2.27. The van der Waals surface area contributed by atoms with Gasteiger partial charge in [0.25, 0.3) is 0 Å². The number of aliphatic hydroxyl groups excluding tert-OH is 1. The largest absolute Gasteiger partial charge is 0.394 e. The molecule has 0 unspecified atom stereocenters. The Hall–Kier alpha value is -3.95. The molecule has 324 valence electrons. The van der Waals surface area contributed by atoms with Crippen LogP contribution in [0.1, 0.15) is 151 Å². The molecule has 0 heterocycles. The summed E-state index contributed by atoms with van der Waals surface area (Å²) in [4.78, 5) is 78.2. The first-order valence-corrected chi connectivity index (χ1v) is 21.0. The molecule has 6 atom stereocenters. The lowest BCUT2D eigenvalue weighted by Crippen LogP contribution is -2.60. The standard InChI is InChI=1S/C40H77N9O7/c1-8-10-11-12-13-14-15-16-17-18-19-20-21-24-32(51)48-33(27(3)4)39(56)46-30(23-22-25-44-40(41)42)36(53)47-31(26-50)37(54)45-29(6)35(52)49-34(28(5)9-2)38(55)43-7/h27-31,33-34,50H,8-26H2,1-7H3,(H,43,55)(H,45,54)(H,46,56)(H,47,53)(H,48,51)(H,49,52)(H4,41,42,44)/t28-,29-,30-,31-,33-,34-/m0/s1. The lowest BCUT2D eigenvalue weighted by atomic mass is 9.98. The highest BCUT2D eigenvalue weighted by atomic mass is 16.3. The van der Waals surface area contributed by atoms with Crippen LogP contribution in [0.15, 0.2) is 0 Å². The molecule has 0 aromatic rings. The minimum Gasteiger partial charge on any atom is -0.394 e. The Kier molecular flexibility index (Phi) is 29.0. The summed E-state index contributed by atoms with van der Waals surface area (Å²) in [5.41, 5.74) is 5.38. The zero-order valence-electron chi connectivity index (χ0n) is 35.5. The van der Waals surface area contributed by atoms with Gasteiger partial charge < -0.3 is 48.1 Å². The van der Waals surface area contributed by atoms with E-state index in [4.69, 9.17) is 11.1 Å². The van der Waals surface area contributed by atoms with Gasteiger partial charge in [-0.05, 0) is 38.0 Å². The first-order chi connectivity index (χ1) is 26.6. The predicted molar refractivity (Wildman–Crippen MR) is 220 cm³/mol. The fourth-order valence-electron chi connectivity index (χ4n) is 6.13. The molecule has 0 aliphatic rings. The van der Waals surface area contributed by atoms with Gasteiger partial charge in [0.15, 0.2) is 5.96 Å². The summed E-state index contributed by atoms with van der Waals surface area (Å²) in [6, 6.07) is -5.53. The molecule has 0 saturated carbocycles. The van der Waals surface area contributed by atoms with E-state index >= 15 is 0 Å². The summed E-state index contributed by atoms with van der Waals surface area (Å²) in [7, 11) is 1.46. The van der Waals surface area contributed by atoms with Crippen LogP contribution in [-0.2, 0) is 28.8 Å². The fourth-order valence-corrected chi connectivity index (χ4v) is 6.13. The number of hydrogen-bond donors (Lipinski definition) is 10. The monoisotopic (exact) mass is 796 g/mol. The maximum atomic E-state index is 13.5. The van der Waals surface area contributed by atoms with Crippen LogP contribution in [0.3, 0.4) is 0 Å². The zero-order chi connectivity index (χ0) is 42.5. The van der Waals surface area contributed by atoms with Crippen molar-refractivity contribution in [3.8, 4) is 0 Å². The predicted octanol–water partition coefficient (Wildman–Crippen LogP) is 2.62. The molecule has 0 aromatic carbocycles. The van der Waals surface area contributed by atoms with Crippen LogP contribution in [0.5, 0.6) is 0 Å². The Balaban J connectivity index is 5.28. The summed E-state index contributed by atoms with van der Waals surface area (Å²) in [6.07, 6.45) is 16.7. The number of nitrogens with two attached hydrogens (primary N) is 1. The fraction of sp³-hybridized carbons (Fsp3) is 0.825. The van der Waals surface area contributed by atoms with E-state index in [0.717, 1.165) is 19.3 Å². The molecular weight excluding hydrogens is 718 g/mol. The molecule has 0 aliphatic carbocycles. The summed E-state index contributed by atoms with van der Waals surface area (Å²) in [6.45, 7) is 10.3. The van der Waals surface area contributed by atoms with E-state index in [1.807, 2.05) is 13.8 Å². The molecule has 0 fully saturated rings. The van der Waals surface area contributed by atoms with Crippen LogP contribution in [0.4, 0.5) is 0 Å². The van der Waals surface area contributed by atoms with Gasteiger partial charge in [-0.2, -0.15) is 0 Å². The zero-order valence-corrected chi connectivity index (χ0v) is 35.5. The van der Waals surface area contributed by atoms with Crippen molar-refractivity contribution in [3.63, 3.8) is 0 Å². The molecule has 0 rings (SSSR count). The normalized spacial score (nSPS) is 14.3. The number of aliphatic hydroxyl groups is 1. The maximum absolute atomic E-state index is 13.5. The first-order valence-electron chi connectivity index (χ1n) is 21.0. The van der Waals surface area contributed by atoms with Gasteiger partial charge in [0, 0.05) is 20.0 Å². The Bertz CT molecular complexity index is 1190. The van der Waals surface area contributed by atoms with Gasteiger partial charge in [0.05, 0.1) is 6.61 Å². The molecule has 16 heteroatoms. The van der Waals surface area contributed by atoms with Gasteiger partial charge in [0.2, 0.25) is 35.4 Å². The average molecular weight is 796 g/mol. The highest BCUT2D eigenvalue weighted by Gasteiger charge is 2.32. The molecule has 0 aliphatic heterocycles. The first kappa shape index (κ1) is 52.0. The van der Waals surface area contributed by atoms with Crippen molar-refractivity contribution in [2.24, 2.45) is 17.6 Å². The molecule has 0 saturated heterocycles. The summed E-state index contributed by atoms with van der Waals surface area (Å²) < 4.78 is 0. The highest BCUT2D eigenvalue weighted by molar-refractivity contribution is 5.96. The summed E-state index contributed by atoms with van der Waals surface area (Å²) >= 11 is 0. The van der Waals surface area contributed by atoms with Gasteiger partial charge in [-0.25, -0.2) is 0 Å². The van der Waals surface area contributed by atoms with Crippen molar-refractivity contribution >= 4 is 41.4 Å². The van der Waals surface area contributed by atoms with Crippen LogP contribution in [-0.4, -0.2) is 96.9 Å². The SMILES string of the molecule is CCCCCCCCCCCCCCCC(=O)N[C@H](C(=O)N[C@@H](CCCNC(=N)N)C(=O)N[C@@H](CO)C(=O)N[C@@H](C)C(=O)N[C@H](C(=O)NC)[C@@H](C)CC)C(C)C. The average Bonchev–Trinajstić information content (AvgIpc) is 3.16. The van der Waals surface area contributed by atoms with Crippen LogP contribution in [0.2, 0.25) is 0 Å². The molecule has 0 aromatic heterocycles. The van der Waals surface area contributed by atoms with Gasteiger partial charge in [0.1, 0.15) is 30.2 Å². The van der Waals surface area contributed by atoms with Crippen LogP contribution in [0, 0.1) is 17.2 Å². The van der Waals surface area contributed by atoms with E-state index < -0.39 is 60.4 Å². The van der Waals surface area contributed by atoms with E-state index in [0.29, 0.717) is 19.3 Å². The van der Waals surface area contributed by atoms with E-state index in [1.165, 1.54) is 71.8 Å². The molecule has 16 nitrogen and oxygen atoms in total. The number of amides is 6. The van der Waals surface area contributed by atoms with Gasteiger partial charge >= 0.3 is 0 Å². The van der Waals surface area contributed by atoms with E-state index in [-0.39, 0.29) is 49.0 Å². The van der Waals surface area contributed by atoms with E-state index in [9.17, 15) is 33.9 Å².